The van der Waals surface area contributed by atoms with Crippen LogP contribution in [0.25, 0.3) is 0 Å². The third-order valence-electron chi connectivity index (χ3n) is 5.46. The smallest absolute Gasteiger partial charge is 0.0872 e. The molecule has 2 aliphatic carbocycles. The SMILES string of the molecule is CC(C)(O)[C@@H]1C=C2[C@]3(CC1)CO[C@@]2(C)CC[C@H]3O. The summed E-state index contributed by atoms with van der Waals surface area (Å²) in [5.74, 6) is 0.173. The average Bonchev–Trinajstić information content (AvgIpc) is 2.54. The van der Waals surface area contributed by atoms with Gasteiger partial charge in [-0.2, -0.15) is 0 Å². The molecule has 3 heteroatoms. The maximum atomic E-state index is 10.4. The fourth-order valence-electron chi connectivity index (χ4n) is 4.11. The fraction of sp³-hybridized carbons (Fsp3) is 0.867. The molecule has 0 aromatic carbocycles. The molecule has 0 unspecified atom stereocenters. The minimum atomic E-state index is -0.688. The van der Waals surface area contributed by atoms with E-state index in [2.05, 4.69) is 13.0 Å². The lowest BCUT2D eigenvalue weighted by molar-refractivity contribution is -0.00756. The summed E-state index contributed by atoms with van der Waals surface area (Å²) in [6.45, 7) is 6.53. The maximum absolute atomic E-state index is 10.4. The van der Waals surface area contributed by atoms with Crippen molar-refractivity contribution in [1.29, 1.82) is 0 Å². The second-order valence-corrected chi connectivity index (χ2v) is 7.11. The summed E-state index contributed by atoms with van der Waals surface area (Å²) in [5.41, 5.74) is 0.206. The van der Waals surface area contributed by atoms with E-state index in [1.807, 2.05) is 13.8 Å². The van der Waals surface area contributed by atoms with Crippen LogP contribution < -0.4 is 0 Å². The molecule has 1 saturated heterocycles. The van der Waals surface area contributed by atoms with Crippen LogP contribution in [0.2, 0.25) is 0 Å². The summed E-state index contributed by atoms with van der Waals surface area (Å²) in [7, 11) is 0. The molecule has 2 bridgehead atoms. The Kier molecular flexibility index (Phi) is 2.52. The molecule has 3 aliphatic rings. The summed E-state index contributed by atoms with van der Waals surface area (Å²) in [4.78, 5) is 0. The monoisotopic (exact) mass is 252 g/mol. The average molecular weight is 252 g/mol. The molecular weight excluding hydrogens is 228 g/mol. The van der Waals surface area contributed by atoms with E-state index in [1.165, 1.54) is 5.57 Å². The lowest BCUT2D eigenvalue weighted by atomic mass is 9.58. The zero-order chi connectivity index (χ0) is 13.2. The molecular formula is C15H24O3. The zero-order valence-electron chi connectivity index (χ0n) is 11.6. The van der Waals surface area contributed by atoms with Crippen LogP contribution in [0.1, 0.15) is 46.5 Å². The number of ether oxygens (including phenoxy) is 1. The van der Waals surface area contributed by atoms with Gasteiger partial charge in [0.2, 0.25) is 0 Å². The molecule has 0 radical (unpaired) electrons. The van der Waals surface area contributed by atoms with Gasteiger partial charge in [0.05, 0.1) is 23.9 Å². The van der Waals surface area contributed by atoms with Crippen molar-refractivity contribution in [3.05, 3.63) is 11.6 Å². The van der Waals surface area contributed by atoms with E-state index in [0.29, 0.717) is 6.61 Å². The van der Waals surface area contributed by atoms with Crippen LogP contribution >= 0.6 is 0 Å². The Morgan fingerprint density at radius 1 is 1.33 bits per heavy atom. The minimum Gasteiger partial charge on any atom is -0.392 e. The van der Waals surface area contributed by atoms with Crippen LogP contribution in [0.3, 0.4) is 0 Å². The van der Waals surface area contributed by atoms with Crippen LogP contribution in [0.5, 0.6) is 0 Å². The standard InChI is InChI=1S/C15H24O3/c1-13(2,17)10-4-7-15-9-18-14(3,11(15)8-10)6-5-12(15)16/h8,10,12,16-17H,4-7,9H2,1-3H3/t10-,12+,14-,15-/m0/s1. The Morgan fingerprint density at radius 3 is 2.72 bits per heavy atom. The van der Waals surface area contributed by atoms with Crippen LogP contribution in [0, 0.1) is 11.3 Å². The summed E-state index contributed by atoms with van der Waals surface area (Å²) in [6.07, 6.45) is 5.52. The quantitative estimate of drug-likeness (QED) is 0.702. The van der Waals surface area contributed by atoms with Crippen molar-refractivity contribution < 1.29 is 14.9 Å². The van der Waals surface area contributed by atoms with Crippen molar-refractivity contribution in [2.75, 3.05) is 6.61 Å². The Labute approximate surface area is 109 Å². The summed E-state index contributed by atoms with van der Waals surface area (Å²) < 4.78 is 6.02. The first-order chi connectivity index (χ1) is 8.28. The maximum Gasteiger partial charge on any atom is 0.0872 e. The summed E-state index contributed by atoms with van der Waals surface area (Å²) in [6, 6.07) is 0. The van der Waals surface area contributed by atoms with Gasteiger partial charge < -0.3 is 14.9 Å². The molecule has 18 heavy (non-hydrogen) atoms. The molecule has 0 spiro atoms. The lowest BCUT2D eigenvalue weighted by Crippen LogP contribution is -2.48. The molecule has 1 heterocycles. The lowest BCUT2D eigenvalue weighted by Gasteiger charge is -2.47. The van der Waals surface area contributed by atoms with E-state index in [-0.39, 0.29) is 23.0 Å². The first kappa shape index (κ1) is 12.6. The van der Waals surface area contributed by atoms with Crippen molar-refractivity contribution in [3.8, 4) is 0 Å². The first-order valence-electron chi connectivity index (χ1n) is 7.05. The molecule has 4 atom stereocenters. The van der Waals surface area contributed by atoms with Crippen molar-refractivity contribution >= 4 is 0 Å². The van der Waals surface area contributed by atoms with Crippen molar-refractivity contribution in [2.24, 2.45) is 11.3 Å². The second kappa shape index (κ2) is 3.59. The molecule has 0 aromatic rings. The summed E-state index contributed by atoms with van der Waals surface area (Å²) in [5, 5.41) is 20.6. The minimum absolute atomic E-state index is 0.158. The Bertz CT molecular complexity index is 395. The van der Waals surface area contributed by atoms with Crippen molar-refractivity contribution in [3.63, 3.8) is 0 Å². The van der Waals surface area contributed by atoms with Gasteiger partial charge in [0.15, 0.2) is 0 Å². The van der Waals surface area contributed by atoms with Gasteiger partial charge in [0.25, 0.3) is 0 Å². The van der Waals surface area contributed by atoms with Crippen LogP contribution in [-0.2, 0) is 4.74 Å². The zero-order valence-corrected chi connectivity index (χ0v) is 11.6. The Balaban J connectivity index is 2.04. The van der Waals surface area contributed by atoms with Crippen LogP contribution in [-0.4, -0.2) is 34.1 Å². The van der Waals surface area contributed by atoms with Gasteiger partial charge in [-0.15, -0.1) is 0 Å². The van der Waals surface area contributed by atoms with Crippen LogP contribution in [0.4, 0.5) is 0 Å². The van der Waals surface area contributed by atoms with E-state index in [4.69, 9.17) is 4.74 Å². The molecule has 0 aromatic heterocycles. The largest absolute Gasteiger partial charge is 0.392 e. The van der Waals surface area contributed by atoms with Gasteiger partial charge >= 0.3 is 0 Å². The molecule has 102 valence electrons. The highest BCUT2D eigenvalue weighted by atomic mass is 16.5. The number of aliphatic hydroxyl groups excluding tert-OH is 1. The molecule has 2 N–H and O–H groups in total. The number of aliphatic hydroxyl groups is 2. The van der Waals surface area contributed by atoms with Gasteiger partial charge in [-0.05, 0) is 52.0 Å². The Morgan fingerprint density at radius 2 is 2.06 bits per heavy atom. The molecule has 0 amide bonds. The van der Waals surface area contributed by atoms with E-state index >= 15 is 0 Å². The van der Waals surface area contributed by atoms with Crippen molar-refractivity contribution in [1.82, 2.24) is 0 Å². The molecule has 1 aliphatic heterocycles. The highest BCUT2D eigenvalue weighted by Crippen LogP contribution is 2.59. The van der Waals surface area contributed by atoms with Gasteiger partial charge in [-0.25, -0.2) is 0 Å². The molecule has 1 saturated carbocycles. The van der Waals surface area contributed by atoms with Gasteiger partial charge in [-0.3, -0.25) is 0 Å². The Hall–Kier alpha value is -0.380. The second-order valence-electron chi connectivity index (χ2n) is 7.11. The van der Waals surface area contributed by atoms with E-state index in [9.17, 15) is 10.2 Å². The third kappa shape index (κ3) is 1.54. The van der Waals surface area contributed by atoms with Crippen LogP contribution in [0.15, 0.2) is 11.6 Å². The predicted molar refractivity (Wildman–Crippen MR) is 69.1 cm³/mol. The molecule has 2 fully saturated rings. The van der Waals surface area contributed by atoms with E-state index in [1.54, 1.807) is 0 Å². The van der Waals surface area contributed by atoms with Gasteiger partial charge in [0.1, 0.15) is 0 Å². The fourth-order valence-corrected chi connectivity index (χ4v) is 4.11. The number of rotatable bonds is 1. The first-order valence-corrected chi connectivity index (χ1v) is 7.05. The van der Waals surface area contributed by atoms with Gasteiger partial charge in [-0.1, -0.05) is 6.08 Å². The van der Waals surface area contributed by atoms with E-state index < -0.39 is 5.60 Å². The van der Waals surface area contributed by atoms with Gasteiger partial charge in [0, 0.05) is 11.3 Å². The molecule has 3 rings (SSSR count). The predicted octanol–water partition coefficient (Wildman–Crippen LogP) is 2.02. The third-order valence-corrected chi connectivity index (χ3v) is 5.46. The number of hydrogen-bond acceptors (Lipinski definition) is 3. The summed E-state index contributed by atoms with van der Waals surface area (Å²) >= 11 is 0. The normalized spacial score (nSPS) is 47.7. The topological polar surface area (TPSA) is 49.7 Å². The molecule has 3 nitrogen and oxygen atoms in total. The number of hydrogen-bond donors (Lipinski definition) is 2. The highest BCUT2D eigenvalue weighted by molar-refractivity contribution is 5.36. The van der Waals surface area contributed by atoms with E-state index in [0.717, 1.165) is 25.7 Å². The van der Waals surface area contributed by atoms with Crippen molar-refractivity contribution in [2.45, 2.75) is 63.8 Å². The highest BCUT2D eigenvalue weighted by Gasteiger charge is 2.60.